The molecule has 234 valence electrons. The maximum Gasteiger partial charge on any atom is 0.243 e. The molecule has 0 saturated heterocycles. The van der Waals surface area contributed by atoms with Gasteiger partial charge in [-0.3, -0.25) is 14.4 Å². The molecule has 1 aromatic carbocycles. The predicted octanol–water partition coefficient (Wildman–Crippen LogP) is 3.75. The average molecular weight is 587 g/mol. The van der Waals surface area contributed by atoms with Crippen molar-refractivity contribution in [2.24, 2.45) is 0 Å². The summed E-state index contributed by atoms with van der Waals surface area (Å²) >= 11 is 0. The fourth-order valence-electron chi connectivity index (χ4n) is 3.70. The second kappa shape index (κ2) is 23.0. The Labute approximate surface area is 251 Å². The van der Waals surface area contributed by atoms with Crippen LogP contribution in [0.1, 0.15) is 64.0 Å². The van der Waals surface area contributed by atoms with Crippen LogP contribution in [0.25, 0.3) is 0 Å². The first kappa shape index (κ1) is 36.4. The van der Waals surface area contributed by atoms with Crippen molar-refractivity contribution in [1.82, 2.24) is 21.3 Å². The van der Waals surface area contributed by atoms with E-state index in [1.165, 1.54) is 18.2 Å². The number of nitrogens with one attached hydrogen (secondary N) is 4. The molecule has 0 bridgehead atoms. The van der Waals surface area contributed by atoms with Crippen LogP contribution in [0.3, 0.4) is 0 Å². The van der Waals surface area contributed by atoms with Crippen LogP contribution < -0.4 is 30.7 Å². The molecule has 0 aliphatic carbocycles. The van der Waals surface area contributed by atoms with E-state index in [0.717, 1.165) is 44.1 Å². The van der Waals surface area contributed by atoms with E-state index in [-0.39, 0.29) is 23.8 Å². The van der Waals surface area contributed by atoms with Crippen LogP contribution in [0.5, 0.6) is 11.5 Å². The summed E-state index contributed by atoms with van der Waals surface area (Å²) in [5, 5.41) is 11.8. The van der Waals surface area contributed by atoms with Gasteiger partial charge in [0.05, 0.1) is 19.3 Å². The minimum absolute atomic E-state index is 0.175. The molecule has 1 aromatic rings. The Hall–Kier alpha value is -3.63. The molecule has 4 N–H and O–H groups in total. The molecule has 0 aliphatic heterocycles. The lowest BCUT2D eigenvalue weighted by Crippen LogP contribution is -2.29. The monoisotopic (exact) mass is 586 g/mol. The van der Waals surface area contributed by atoms with Gasteiger partial charge in [0.15, 0.2) is 11.5 Å². The molecule has 0 aromatic heterocycles. The normalized spacial score (nSPS) is 11.3. The van der Waals surface area contributed by atoms with Gasteiger partial charge in [-0.05, 0) is 74.4 Å². The maximum absolute atomic E-state index is 11.3. The average Bonchev–Trinajstić information content (AvgIpc) is 2.99. The summed E-state index contributed by atoms with van der Waals surface area (Å²) in [5.41, 5.74) is 0.968. The van der Waals surface area contributed by atoms with E-state index in [4.69, 9.17) is 14.2 Å². The van der Waals surface area contributed by atoms with Gasteiger partial charge in [-0.25, -0.2) is 0 Å². The highest BCUT2D eigenvalue weighted by Gasteiger charge is 2.16. The first-order valence-electron chi connectivity index (χ1n) is 14.8. The number of hydrogen-bond acceptors (Lipinski definition) is 7. The summed E-state index contributed by atoms with van der Waals surface area (Å²) in [6.45, 7) is 18.3. The number of ether oxygens (including phenoxy) is 3. The third-order valence-corrected chi connectivity index (χ3v) is 6.05. The van der Waals surface area contributed by atoms with Crippen molar-refractivity contribution < 1.29 is 28.6 Å². The van der Waals surface area contributed by atoms with Gasteiger partial charge < -0.3 is 35.5 Å². The third-order valence-electron chi connectivity index (χ3n) is 6.05. The summed E-state index contributed by atoms with van der Waals surface area (Å²) in [7, 11) is 0. The second-order valence-corrected chi connectivity index (χ2v) is 9.93. The Balaban J connectivity index is 2.84. The predicted molar refractivity (Wildman–Crippen MR) is 167 cm³/mol. The van der Waals surface area contributed by atoms with Gasteiger partial charge in [-0.15, -0.1) is 0 Å². The Morgan fingerprint density at radius 1 is 0.714 bits per heavy atom. The SMILES string of the molecule is C=CC(=O)NCCCCOc1ccc(C(CNC(C)C)OCCCCNC(=O)C=C)cc1OCCCCNC(=O)C=C. The Kier molecular flexibility index (Phi) is 19.9. The minimum Gasteiger partial charge on any atom is -0.490 e. The summed E-state index contributed by atoms with van der Waals surface area (Å²) in [5.74, 6) is 0.723. The van der Waals surface area contributed by atoms with Gasteiger partial charge >= 0.3 is 0 Å². The van der Waals surface area contributed by atoms with Crippen LogP contribution in [0.4, 0.5) is 0 Å². The Bertz CT molecular complexity index is 982. The summed E-state index contributed by atoms with van der Waals surface area (Å²) in [6.07, 6.45) is 8.24. The summed E-state index contributed by atoms with van der Waals surface area (Å²) in [4.78, 5) is 34.0. The third kappa shape index (κ3) is 17.2. The molecule has 0 saturated carbocycles. The van der Waals surface area contributed by atoms with Gasteiger partial charge in [-0.1, -0.05) is 39.7 Å². The fraction of sp³-hybridized carbons (Fsp3) is 0.531. The standard InChI is InChI=1S/C32H50N4O6/c1-6-30(37)33-17-9-12-20-40-27-16-15-26(23-28(27)41-21-13-10-18-34-31(38)7-2)29(24-36-25(4)5)42-22-14-11-19-35-32(39)8-3/h6-8,15-16,23,25,29,36H,1-3,9-14,17-22,24H2,4-5H3,(H,33,37)(H,34,38)(H,35,39). The van der Waals surface area contributed by atoms with E-state index in [1.807, 2.05) is 18.2 Å². The Morgan fingerprint density at radius 2 is 1.19 bits per heavy atom. The van der Waals surface area contributed by atoms with Crippen LogP contribution in [-0.2, 0) is 19.1 Å². The maximum atomic E-state index is 11.3. The first-order chi connectivity index (χ1) is 20.3. The lowest BCUT2D eigenvalue weighted by Gasteiger charge is -2.22. The highest BCUT2D eigenvalue weighted by atomic mass is 16.5. The van der Waals surface area contributed by atoms with Crippen LogP contribution in [0.2, 0.25) is 0 Å². The van der Waals surface area contributed by atoms with Crippen molar-refractivity contribution in [3.63, 3.8) is 0 Å². The fourth-order valence-corrected chi connectivity index (χ4v) is 3.70. The zero-order chi connectivity index (χ0) is 31.0. The molecule has 0 heterocycles. The molecular formula is C32H50N4O6. The molecule has 0 aliphatic rings. The molecule has 3 amide bonds. The van der Waals surface area contributed by atoms with Crippen molar-refractivity contribution in [1.29, 1.82) is 0 Å². The molecular weight excluding hydrogens is 536 g/mol. The molecule has 0 radical (unpaired) electrons. The largest absolute Gasteiger partial charge is 0.490 e. The number of benzene rings is 1. The molecule has 1 unspecified atom stereocenters. The smallest absolute Gasteiger partial charge is 0.243 e. The molecule has 0 fully saturated rings. The number of rotatable bonds is 25. The number of amides is 3. The van der Waals surface area contributed by atoms with Crippen molar-refractivity contribution in [2.45, 2.75) is 64.5 Å². The molecule has 10 nitrogen and oxygen atoms in total. The van der Waals surface area contributed by atoms with E-state index >= 15 is 0 Å². The van der Waals surface area contributed by atoms with E-state index in [1.54, 1.807) is 0 Å². The topological polar surface area (TPSA) is 127 Å². The highest BCUT2D eigenvalue weighted by Crippen LogP contribution is 2.32. The van der Waals surface area contributed by atoms with Crippen molar-refractivity contribution >= 4 is 17.7 Å². The van der Waals surface area contributed by atoms with Crippen LogP contribution in [0, 0.1) is 0 Å². The number of unbranched alkanes of at least 4 members (excludes halogenated alkanes) is 3. The summed E-state index contributed by atoms with van der Waals surface area (Å²) < 4.78 is 18.5. The van der Waals surface area contributed by atoms with E-state index in [2.05, 4.69) is 54.9 Å². The lowest BCUT2D eigenvalue weighted by atomic mass is 10.1. The van der Waals surface area contributed by atoms with E-state index < -0.39 is 0 Å². The van der Waals surface area contributed by atoms with Crippen LogP contribution in [0.15, 0.2) is 56.2 Å². The van der Waals surface area contributed by atoms with Gasteiger partial charge in [0.2, 0.25) is 17.7 Å². The molecule has 0 spiro atoms. The van der Waals surface area contributed by atoms with E-state index in [0.29, 0.717) is 63.5 Å². The first-order valence-corrected chi connectivity index (χ1v) is 14.8. The van der Waals surface area contributed by atoms with Gasteiger partial charge in [0.25, 0.3) is 0 Å². The Morgan fingerprint density at radius 3 is 1.67 bits per heavy atom. The molecule has 42 heavy (non-hydrogen) atoms. The van der Waals surface area contributed by atoms with E-state index in [9.17, 15) is 14.4 Å². The zero-order valence-corrected chi connectivity index (χ0v) is 25.4. The highest BCUT2D eigenvalue weighted by molar-refractivity contribution is 5.87. The zero-order valence-electron chi connectivity index (χ0n) is 25.4. The van der Waals surface area contributed by atoms with Crippen molar-refractivity contribution in [2.75, 3.05) is 46.0 Å². The van der Waals surface area contributed by atoms with Gasteiger partial charge in [0, 0.05) is 38.8 Å². The number of carbonyl (C=O) groups excluding carboxylic acids is 3. The van der Waals surface area contributed by atoms with Gasteiger partial charge in [-0.2, -0.15) is 0 Å². The second-order valence-electron chi connectivity index (χ2n) is 9.93. The quantitative estimate of drug-likeness (QED) is 0.102. The van der Waals surface area contributed by atoms with Crippen LogP contribution in [-0.4, -0.2) is 69.8 Å². The number of carbonyl (C=O) groups is 3. The van der Waals surface area contributed by atoms with Crippen molar-refractivity contribution in [3.8, 4) is 11.5 Å². The molecule has 1 atom stereocenters. The molecule has 10 heteroatoms. The van der Waals surface area contributed by atoms with Crippen molar-refractivity contribution in [3.05, 3.63) is 61.7 Å². The van der Waals surface area contributed by atoms with Crippen LogP contribution >= 0.6 is 0 Å². The minimum atomic E-state index is -0.200. The lowest BCUT2D eigenvalue weighted by molar-refractivity contribution is -0.117. The summed E-state index contributed by atoms with van der Waals surface area (Å²) in [6, 6.07) is 6.16. The number of hydrogen-bond donors (Lipinski definition) is 4. The van der Waals surface area contributed by atoms with Gasteiger partial charge in [0.1, 0.15) is 0 Å². The molecule has 1 rings (SSSR count).